The van der Waals surface area contributed by atoms with Crippen LogP contribution in [0.25, 0.3) is 0 Å². The van der Waals surface area contributed by atoms with Gasteiger partial charge >= 0.3 is 0 Å². The van der Waals surface area contributed by atoms with Gasteiger partial charge in [-0.15, -0.1) is 0 Å². The average Bonchev–Trinajstić information content (AvgIpc) is 2.87. The highest BCUT2D eigenvalue weighted by molar-refractivity contribution is 5.76. The Labute approximate surface area is 124 Å². The summed E-state index contributed by atoms with van der Waals surface area (Å²) in [4.78, 5) is 19.6. The fourth-order valence-electron chi connectivity index (χ4n) is 2.56. The zero-order valence-corrected chi connectivity index (χ0v) is 12.8. The third-order valence-electron chi connectivity index (χ3n) is 3.62. The van der Waals surface area contributed by atoms with E-state index in [0.717, 1.165) is 13.0 Å². The van der Waals surface area contributed by atoms with Crippen molar-refractivity contribution in [1.82, 2.24) is 20.4 Å². The molecular weight excluding hydrogens is 274 g/mol. The van der Waals surface area contributed by atoms with E-state index in [2.05, 4.69) is 15.5 Å². The smallest absolute Gasteiger partial charge is 0.265 e. The van der Waals surface area contributed by atoms with Crippen LogP contribution in [0.1, 0.15) is 25.2 Å². The van der Waals surface area contributed by atoms with Crippen LogP contribution in [-0.2, 0) is 11.3 Å². The first-order valence-electron chi connectivity index (χ1n) is 7.07. The van der Waals surface area contributed by atoms with E-state index in [4.69, 9.17) is 4.52 Å². The summed E-state index contributed by atoms with van der Waals surface area (Å²) >= 11 is 0. The van der Waals surface area contributed by atoms with E-state index in [9.17, 15) is 9.90 Å². The molecule has 0 saturated carbocycles. The SMILES string of the molecule is CNC(=O)CC1(O)CCCN(Cc2nc(N(C)C)no2)C1. The van der Waals surface area contributed by atoms with Crippen molar-refractivity contribution in [3.8, 4) is 0 Å². The van der Waals surface area contributed by atoms with Crippen molar-refractivity contribution in [3.05, 3.63) is 5.89 Å². The molecule has 1 amide bonds. The molecule has 0 aliphatic carbocycles. The lowest BCUT2D eigenvalue weighted by molar-refractivity contribution is -0.128. The van der Waals surface area contributed by atoms with E-state index in [0.29, 0.717) is 31.3 Å². The molecule has 0 radical (unpaired) electrons. The second kappa shape index (κ2) is 6.40. The predicted octanol–water partition coefficient (Wildman–Crippen LogP) is -0.401. The van der Waals surface area contributed by atoms with E-state index in [-0.39, 0.29) is 12.3 Å². The highest BCUT2D eigenvalue weighted by atomic mass is 16.5. The first-order valence-corrected chi connectivity index (χ1v) is 7.07. The van der Waals surface area contributed by atoms with Crippen LogP contribution in [0.3, 0.4) is 0 Å². The Morgan fingerprint density at radius 3 is 2.95 bits per heavy atom. The van der Waals surface area contributed by atoms with Crippen LogP contribution in [0.4, 0.5) is 5.95 Å². The van der Waals surface area contributed by atoms with Gasteiger partial charge in [0.05, 0.1) is 18.6 Å². The molecule has 2 rings (SSSR count). The zero-order valence-electron chi connectivity index (χ0n) is 12.8. The number of carbonyl (C=O) groups excluding carboxylic acids is 1. The second-order valence-electron chi connectivity index (χ2n) is 5.77. The number of likely N-dealkylation sites (tertiary alicyclic amines) is 1. The predicted molar refractivity (Wildman–Crippen MR) is 76.8 cm³/mol. The molecular formula is C13H23N5O3. The monoisotopic (exact) mass is 297 g/mol. The number of aromatic nitrogens is 2. The summed E-state index contributed by atoms with van der Waals surface area (Å²) in [6.45, 7) is 1.76. The van der Waals surface area contributed by atoms with E-state index in [1.807, 2.05) is 19.0 Å². The molecule has 1 saturated heterocycles. The Morgan fingerprint density at radius 2 is 2.33 bits per heavy atom. The number of hydrogen-bond donors (Lipinski definition) is 2. The molecule has 0 aromatic carbocycles. The Morgan fingerprint density at radius 1 is 1.57 bits per heavy atom. The number of piperidine rings is 1. The van der Waals surface area contributed by atoms with Crippen LogP contribution >= 0.6 is 0 Å². The van der Waals surface area contributed by atoms with Crippen molar-refractivity contribution < 1.29 is 14.4 Å². The molecule has 0 bridgehead atoms. The molecule has 21 heavy (non-hydrogen) atoms. The van der Waals surface area contributed by atoms with Crippen LogP contribution in [0.5, 0.6) is 0 Å². The van der Waals surface area contributed by atoms with Gasteiger partial charge in [0.2, 0.25) is 11.8 Å². The minimum Gasteiger partial charge on any atom is -0.388 e. The molecule has 1 aliphatic heterocycles. The van der Waals surface area contributed by atoms with Gasteiger partial charge < -0.3 is 19.8 Å². The van der Waals surface area contributed by atoms with Crippen molar-refractivity contribution in [2.45, 2.75) is 31.4 Å². The maximum absolute atomic E-state index is 11.5. The van der Waals surface area contributed by atoms with Crippen molar-refractivity contribution in [2.75, 3.05) is 39.1 Å². The van der Waals surface area contributed by atoms with Crippen LogP contribution < -0.4 is 10.2 Å². The standard InChI is InChI=1S/C13H23N5O3/c1-14-10(19)7-13(20)5-4-6-18(9-13)8-11-15-12(16-21-11)17(2)3/h20H,4-9H2,1-3H3,(H,14,19). The number of amides is 1. The second-order valence-corrected chi connectivity index (χ2v) is 5.77. The molecule has 118 valence electrons. The molecule has 8 nitrogen and oxygen atoms in total. The molecule has 2 heterocycles. The first kappa shape index (κ1) is 15.7. The molecule has 1 aromatic rings. The third kappa shape index (κ3) is 4.15. The van der Waals surface area contributed by atoms with E-state index < -0.39 is 5.60 Å². The summed E-state index contributed by atoms with van der Waals surface area (Å²) in [5.41, 5.74) is -0.983. The minimum absolute atomic E-state index is 0.118. The highest BCUT2D eigenvalue weighted by Gasteiger charge is 2.35. The Hall–Kier alpha value is -1.67. The van der Waals surface area contributed by atoms with Gasteiger partial charge in [-0.05, 0) is 24.5 Å². The Kier molecular flexibility index (Phi) is 4.79. The maximum Gasteiger partial charge on any atom is 0.265 e. The normalized spacial score (nSPS) is 23.0. The minimum atomic E-state index is -0.983. The van der Waals surface area contributed by atoms with Gasteiger partial charge in [-0.3, -0.25) is 9.69 Å². The van der Waals surface area contributed by atoms with Crippen LogP contribution in [0.15, 0.2) is 4.52 Å². The summed E-state index contributed by atoms with van der Waals surface area (Å²) in [6.07, 6.45) is 1.58. The number of nitrogens with zero attached hydrogens (tertiary/aromatic N) is 4. The van der Waals surface area contributed by atoms with Crippen molar-refractivity contribution in [3.63, 3.8) is 0 Å². The summed E-state index contributed by atoms with van der Waals surface area (Å²) < 4.78 is 5.19. The average molecular weight is 297 g/mol. The number of rotatable bonds is 5. The molecule has 1 aliphatic rings. The van der Waals surface area contributed by atoms with Crippen LogP contribution in [0, 0.1) is 0 Å². The number of aliphatic hydroxyl groups is 1. The molecule has 8 heteroatoms. The quantitative estimate of drug-likeness (QED) is 0.763. The Bertz CT molecular complexity index is 490. The largest absolute Gasteiger partial charge is 0.388 e. The zero-order chi connectivity index (χ0) is 15.5. The molecule has 1 unspecified atom stereocenters. The number of anilines is 1. The summed E-state index contributed by atoms with van der Waals surface area (Å²) in [5, 5.41) is 17.0. The van der Waals surface area contributed by atoms with Crippen LogP contribution in [0.2, 0.25) is 0 Å². The molecule has 2 N–H and O–H groups in total. The summed E-state index contributed by atoms with van der Waals surface area (Å²) in [7, 11) is 5.27. The van der Waals surface area contributed by atoms with Gasteiger partial charge in [0.15, 0.2) is 0 Å². The van der Waals surface area contributed by atoms with Gasteiger partial charge in [-0.2, -0.15) is 4.98 Å². The van der Waals surface area contributed by atoms with Crippen LogP contribution in [-0.4, -0.2) is 65.9 Å². The lowest BCUT2D eigenvalue weighted by Crippen LogP contribution is -2.49. The number of hydrogen-bond acceptors (Lipinski definition) is 7. The van der Waals surface area contributed by atoms with Crippen molar-refractivity contribution in [1.29, 1.82) is 0 Å². The number of β-amino-alcohol motifs (C(OH)–C–C–N with tert-alkyl or cyclic N) is 1. The molecule has 1 aromatic heterocycles. The molecule has 0 spiro atoms. The van der Waals surface area contributed by atoms with E-state index in [1.165, 1.54) is 0 Å². The van der Waals surface area contributed by atoms with Crippen molar-refractivity contribution in [2.24, 2.45) is 0 Å². The Balaban J connectivity index is 1.95. The topological polar surface area (TPSA) is 94.7 Å². The molecule has 1 atom stereocenters. The number of nitrogens with one attached hydrogen (secondary N) is 1. The summed E-state index contributed by atoms with van der Waals surface area (Å²) in [5.74, 6) is 0.901. The highest BCUT2D eigenvalue weighted by Crippen LogP contribution is 2.25. The lowest BCUT2D eigenvalue weighted by Gasteiger charge is -2.38. The maximum atomic E-state index is 11.5. The van der Waals surface area contributed by atoms with Gasteiger partial charge in [-0.25, -0.2) is 0 Å². The van der Waals surface area contributed by atoms with Gasteiger partial charge in [0.25, 0.3) is 5.95 Å². The third-order valence-corrected chi connectivity index (χ3v) is 3.62. The fourth-order valence-corrected chi connectivity index (χ4v) is 2.56. The first-order chi connectivity index (χ1) is 9.92. The van der Waals surface area contributed by atoms with Crippen molar-refractivity contribution >= 4 is 11.9 Å². The van der Waals surface area contributed by atoms with E-state index >= 15 is 0 Å². The number of carbonyl (C=O) groups is 1. The summed E-state index contributed by atoms with van der Waals surface area (Å²) in [6, 6.07) is 0. The molecule has 1 fully saturated rings. The van der Waals surface area contributed by atoms with E-state index in [1.54, 1.807) is 11.9 Å². The van der Waals surface area contributed by atoms with Gasteiger partial charge in [0.1, 0.15) is 0 Å². The fraction of sp³-hybridized carbons (Fsp3) is 0.769. The van der Waals surface area contributed by atoms with Gasteiger partial charge in [-0.1, -0.05) is 0 Å². The van der Waals surface area contributed by atoms with Gasteiger partial charge in [0, 0.05) is 27.7 Å². The lowest BCUT2D eigenvalue weighted by atomic mass is 9.89.